The van der Waals surface area contributed by atoms with Crippen LogP contribution in [0.25, 0.3) is 0 Å². The minimum Gasteiger partial charge on any atom is -0.504 e. The summed E-state index contributed by atoms with van der Waals surface area (Å²) in [4.78, 5) is 0. The number of aliphatic hydroxyl groups is 1. The van der Waals surface area contributed by atoms with Gasteiger partial charge in [-0.05, 0) is 18.6 Å². The zero-order chi connectivity index (χ0) is 13.2. The quantitative estimate of drug-likeness (QED) is 0.613. The fraction of sp³-hybridized carbons (Fsp3) is 0.400. The number of aromatic hydroxyl groups is 2. The molecule has 1 aromatic rings. The Hall–Kier alpha value is -1.47. The third kappa shape index (κ3) is 2.80. The van der Waals surface area contributed by atoms with Gasteiger partial charge in [-0.2, -0.15) is 13.2 Å². The van der Waals surface area contributed by atoms with Crippen LogP contribution in [-0.2, 0) is 6.18 Å². The van der Waals surface area contributed by atoms with Gasteiger partial charge in [0.05, 0.1) is 5.56 Å². The SMILES string of the molecule is NC(CCO)c1c(C(F)(F)F)ccc(O)c1O. The first-order valence-electron chi connectivity index (χ1n) is 4.77. The van der Waals surface area contributed by atoms with Crippen LogP contribution in [0.4, 0.5) is 13.2 Å². The molecule has 0 aliphatic rings. The van der Waals surface area contributed by atoms with Gasteiger partial charge in [0, 0.05) is 18.2 Å². The summed E-state index contributed by atoms with van der Waals surface area (Å²) < 4.78 is 37.9. The summed E-state index contributed by atoms with van der Waals surface area (Å²) in [6.07, 6.45) is -4.84. The van der Waals surface area contributed by atoms with E-state index in [0.717, 1.165) is 6.07 Å². The van der Waals surface area contributed by atoms with Crippen LogP contribution in [0.15, 0.2) is 12.1 Å². The van der Waals surface area contributed by atoms with Gasteiger partial charge in [0.25, 0.3) is 0 Å². The molecular formula is C10H12F3NO3. The van der Waals surface area contributed by atoms with Crippen molar-refractivity contribution < 1.29 is 28.5 Å². The van der Waals surface area contributed by atoms with Crippen LogP contribution in [0.5, 0.6) is 11.5 Å². The molecule has 17 heavy (non-hydrogen) atoms. The summed E-state index contributed by atoms with van der Waals surface area (Å²) in [6.45, 7) is -0.423. The number of benzene rings is 1. The molecule has 0 aliphatic heterocycles. The van der Waals surface area contributed by atoms with Gasteiger partial charge < -0.3 is 21.1 Å². The average Bonchev–Trinajstić information content (AvgIpc) is 2.20. The number of hydrogen-bond donors (Lipinski definition) is 4. The first kappa shape index (κ1) is 13.6. The van der Waals surface area contributed by atoms with Crippen LogP contribution in [0.2, 0.25) is 0 Å². The molecule has 0 saturated carbocycles. The zero-order valence-electron chi connectivity index (χ0n) is 8.70. The zero-order valence-corrected chi connectivity index (χ0v) is 8.70. The van der Waals surface area contributed by atoms with Gasteiger partial charge in [0.15, 0.2) is 11.5 Å². The van der Waals surface area contributed by atoms with Crippen molar-refractivity contribution in [2.45, 2.75) is 18.6 Å². The molecule has 0 amide bonds. The van der Waals surface area contributed by atoms with Crippen LogP contribution < -0.4 is 5.73 Å². The maximum absolute atomic E-state index is 12.6. The van der Waals surface area contributed by atoms with Crippen LogP contribution in [-0.4, -0.2) is 21.9 Å². The van der Waals surface area contributed by atoms with E-state index in [9.17, 15) is 23.4 Å². The number of phenolic OH excluding ortho intramolecular Hbond substituents is 2. The maximum Gasteiger partial charge on any atom is 0.416 e. The second-order valence-corrected chi connectivity index (χ2v) is 3.51. The van der Waals surface area contributed by atoms with E-state index in [1.807, 2.05) is 0 Å². The molecule has 1 atom stereocenters. The average molecular weight is 251 g/mol. The van der Waals surface area contributed by atoms with E-state index in [2.05, 4.69) is 0 Å². The predicted molar refractivity (Wildman–Crippen MR) is 53.4 cm³/mol. The van der Waals surface area contributed by atoms with Crippen molar-refractivity contribution in [3.8, 4) is 11.5 Å². The van der Waals surface area contributed by atoms with E-state index in [-0.39, 0.29) is 6.42 Å². The van der Waals surface area contributed by atoms with Crippen molar-refractivity contribution in [1.82, 2.24) is 0 Å². The molecule has 7 heteroatoms. The van der Waals surface area contributed by atoms with Crippen molar-refractivity contribution in [2.75, 3.05) is 6.61 Å². The van der Waals surface area contributed by atoms with Gasteiger partial charge in [0.2, 0.25) is 0 Å². The highest BCUT2D eigenvalue weighted by Gasteiger charge is 2.36. The fourth-order valence-corrected chi connectivity index (χ4v) is 1.50. The molecule has 1 unspecified atom stereocenters. The van der Waals surface area contributed by atoms with Crippen molar-refractivity contribution >= 4 is 0 Å². The van der Waals surface area contributed by atoms with Crippen molar-refractivity contribution in [1.29, 1.82) is 0 Å². The molecule has 0 fully saturated rings. The van der Waals surface area contributed by atoms with Gasteiger partial charge in [0.1, 0.15) is 0 Å². The Morgan fingerprint density at radius 1 is 1.24 bits per heavy atom. The Kier molecular flexibility index (Phi) is 3.84. The summed E-state index contributed by atoms with van der Waals surface area (Å²) in [5.74, 6) is -1.58. The summed E-state index contributed by atoms with van der Waals surface area (Å²) in [6, 6.07) is 0.179. The predicted octanol–water partition coefficient (Wildman–Crippen LogP) is 1.50. The Morgan fingerprint density at radius 2 is 1.82 bits per heavy atom. The number of hydrogen-bond acceptors (Lipinski definition) is 4. The van der Waals surface area contributed by atoms with Crippen molar-refractivity contribution in [3.63, 3.8) is 0 Å². The van der Waals surface area contributed by atoms with Gasteiger partial charge in [-0.3, -0.25) is 0 Å². The van der Waals surface area contributed by atoms with E-state index in [1.165, 1.54) is 0 Å². The van der Waals surface area contributed by atoms with E-state index in [1.54, 1.807) is 0 Å². The number of phenols is 2. The van der Waals surface area contributed by atoms with Gasteiger partial charge in [-0.15, -0.1) is 0 Å². The maximum atomic E-state index is 12.6. The Labute approximate surface area is 95.1 Å². The number of nitrogens with two attached hydrogens (primary N) is 1. The van der Waals surface area contributed by atoms with Gasteiger partial charge >= 0.3 is 6.18 Å². The Morgan fingerprint density at radius 3 is 2.29 bits per heavy atom. The van der Waals surface area contributed by atoms with Crippen LogP contribution in [0.3, 0.4) is 0 Å². The molecule has 0 bridgehead atoms. The molecule has 0 heterocycles. The highest BCUT2D eigenvalue weighted by molar-refractivity contribution is 5.51. The lowest BCUT2D eigenvalue weighted by Crippen LogP contribution is -2.18. The monoisotopic (exact) mass is 251 g/mol. The van der Waals surface area contributed by atoms with E-state index < -0.39 is 41.5 Å². The normalized spacial score (nSPS) is 13.7. The van der Waals surface area contributed by atoms with Gasteiger partial charge in [-0.1, -0.05) is 0 Å². The van der Waals surface area contributed by atoms with Gasteiger partial charge in [-0.25, -0.2) is 0 Å². The van der Waals surface area contributed by atoms with E-state index >= 15 is 0 Å². The summed E-state index contributed by atoms with van der Waals surface area (Å²) in [7, 11) is 0. The molecule has 0 saturated heterocycles. The largest absolute Gasteiger partial charge is 0.504 e. The summed E-state index contributed by atoms with van der Waals surface area (Å²) in [5.41, 5.74) is 3.72. The minimum absolute atomic E-state index is 0.153. The number of alkyl halides is 3. The number of aliphatic hydroxyl groups excluding tert-OH is 1. The van der Waals surface area contributed by atoms with Crippen LogP contribution in [0.1, 0.15) is 23.6 Å². The Balaban J connectivity index is 3.36. The molecule has 0 aliphatic carbocycles. The minimum atomic E-state index is -4.69. The highest BCUT2D eigenvalue weighted by atomic mass is 19.4. The standard InChI is InChI=1S/C10H12F3NO3/c11-10(12,13)5-1-2-7(16)9(17)8(5)6(14)3-4-15/h1-2,6,15-17H,3-4,14H2. The molecule has 0 radical (unpaired) electrons. The summed E-state index contributed by atoms with van der Waals surface area (Å²) >= 11 is 0. The molecule has 4 nitrogen and oxygen atoms in total. The van der Waals surface area contributed by atoms with E-state index in [4.69, 9.17) is 10.8 Å². The molecule has 5 N–H and O–H groups in total. The smallest absolute Gasteiger partial charge is 0.416 e. The molecule has 0 aromatic heterocycles. The lowest BCUT2D eigenvalue weighted by atomic mass is 9.96. The topological polar surface area (TPSA) is 86.7 Å². The fourth-order valence-electron chi connectivity index (χ4n) is 1.50. The van der Waals surface area contributed by atoms with E-state index in [0.29, 0.717) is 6.07 Å². The third-order valence-corrected chi connectivity index (χ3v) is 2.31. The Bertz CT molecular complexity index is 407. The van der Waals surface area contributed by atoms with Crippen LogP contribution in [0, 0.1) is 0 Å². The molecule has 1 rings (SSSR count). The van der Waals surface area contributed by atoms with Crippen molar-refractivity contribution in [3.05, 3.63) is 23.3 Å². The van der Waals surface area contributed by atoms with Crippen LogP contribution >= 0.6 is 0 Å². The molecule has 0 spiro atoms. The first-order chi connectivity index (χ1) is 7.79. The first-order valence-corrected chi connectivity index (χ1v) is 4.77. The lowest BCUT2D eigenvalue weighted by Gasteiger charge is -2.19. The molecule has 96 valence electrons. The van der Waals surface area contributed by atoms with Crippen molar-refractivity contribution in [2.24, 2.45) is 5.73 Å². The number of halogens is 3. The number of rotatable bonds is 3. The third-order valence-electron chi connectivity index (χ3n) is 2.31. The lowest BCUT2D eigenvalue weighted by molar-refractivity contribution is -0.138. The molecular weight excluding hydrogens is 239 g/mol. The molecule has 1 aromatic carbocycles. The highest BCUT2D eigenvalue weighted by Crippen LogP contribution is 2.42. The second-order valence-electron chi connectivity index (χ2n) is 3.51. The summed E-state index contributed by atoms with van der Waals surface area (Å²) in [5, 5.41) is 27.2. The second kappa shape index (κ2) is 4.80.